The maximum absolute atomic E-state index is 13.7. The van der Waals surface area contributed by atoms with Gasteiger partial charge in [0, 0.05) is 6.54 Å². The molecule has 1 aliphatic carbocycles. The molecule has 0 aliphatic heterocycles. The second-order valence-corrected chi connectivity index (χ2v) is 8.46. The zero-order chi connectivity index (χ0) is 20.5. The van der Waals surface area contributed by atoms with Gasteiger partial charge in [-0.15, -0.1) is 0 Å². The minimum absolute atomic E-state index is 0.170. The van der Waals surface area contributed by atoms with Gasteiger partial charge >= 0.3 is 0 Å². The molecule has 3 unspecified atom stereocenters. The lowest BCUT2D eigenvalue weighted by Crippen LogP contribution is -2.28. The van der Waals surface area contributed by atoms with Crippen LogP contribution in [0.25, 0.3) is 0 Å². The lowest BCUT2D eigenvalue weighted by Gasteiger charge is -2.27. The Hall–Kier alpha value is -1.74. The number of hydrogen-bond acceptors (Lipinski definition) is 1. The van der Waals surface area contributed by atoms with Crippen molar-refractivity contribution in [1.82, 2.24) is 4.90 Å². The highest BCUT2D eigenvalue weighted by Crippen LogP contribution is 2.35. The van der Waals surface area contributed by atoms with Crippen LogP contribution in [-0.4, -0.2) is 36.9 Å². The fraction of sp³-hybridized carbons (Fsp3) is 0.538. The summed E-state index contributed by atoms with van der Waals surface area (Å²) in [4.78, 5) is 2.57. The Labute approximate surface area is 175 Å². The van der Waals surface area contributed by atoms with Gasteiger partial charge in [0.15, 0.2) is 0 Å². The standard InChI is InChI=1S/C26H35F2N/c1-2-17-29(19-16-21-7-4-3-5-8-21)18-6-9-22-10-12-23(13-11-22)24-14-15-25(27)26(28)20-24/h3-5,7-8,10-13,24-26H,2,6,9,14-20H2,1H3. The molecule has 3 atom stereocenters. The van der Waals surface area contributed by atoms with Crippen molar-refractivity contribution in [3.63, 3.8) is 0 Å². The molecular weight excluding hydrogens is 364 g/mol. The predicted molar refractivity (Wildman–Crippen MR) is 118 cm³/mol. The van der Waals surface area contributed by atoms with E-state index in [2.05, 4.69) is 66.4 Å². The Morgan fingerprint density at radius 3 is 2.21 bits per heavy atom. The third kappa shape index (κ3) is 6.92. The number of halogens is 2. The van der Waals surface area contributed by atoms with Crippen molar-refractivity contribution in [1.29, 1.82) is 0 Å². The summed E-state index contributed by atoms with van der Waals surface area (Å²) in [6.07, 6.45) is 3.37. The molecule has 0 N–H and O–H groups in total. The highest BCUT2D eigenvalue weighted by atomic mass is 19.2. The van der Waals surface area contributed by atoms with Gasteiger partial charge in [-0.1, -0.05) is 61.5 Å². The van der Waals surface area contributed by atoms with Crippen LogP contribution in [0.3, 0.4) is 0 Å². The van der Waals surface area contributed by atoms with Gasteiger partial charge in [-0.25, -0.2) is 8.78 Å². The van der Waals surface area contributed by atoms with Gasteiger partial charge in [-0.05, 0) is 80.6 Å². The molecule has 1 aliphatic rings. The summed E-state index contributed by atoms with van der Waals surface area (Å²) in [6, 6.07) is 19.3. The fourth-order valence-electron chi connectivity index (χ4n) is 4.43. The third-order valence-corrected chi connectivity index (χ3v) is 6.18. The van der Waals surface area contributed by atoms with Crippen molar-refractivity contribution >= 4 is 0 Å². The van der Waals surface area contributed by atoms with Crippen LogP contribution >= 0.6 is 0 Å². The molecule has 0 aromatic heterocycles. The zero-order valence-electron chi connectivity index (χ0n) is 17.7. The Morgan fingerprint density at radius 1 is 0.793 bits per heavy atom. The number of alkyl halides is 2. The second-order valence-electron chi connectivity index (χ2n) is 8.46. The maximum Gasteiger partial charge on any atom is 0.132 e. The molecule has 0 amide bonds. The van der Waals surface area contributed by atoms with E-state index in [-0.39, 0.29) is 5.92 Å². The first kappa shape index (κ1) is 22.0. The van der Waals surface area contributed by atoms with Crippen molar-refractivity contribution in [2.75, 3.05) is 19.6 Å². The molecule has 1 nitrogen and oxygen atoms in total. The highest BCUT2D eigenvalue weighted by molar-refractivity contribution is 5.26. The van der Waals surface area contributed by atoms with E-state index in [0.717, 1.165) is 45.3 Å². The summed E-state index contributed by atoms with van der Waals surface area (Å²) in [5.74, 6) is 0.170. The molecule has 29 heavy (non-hydrogen) atoms. The van der Waals surface area contributed by atoms with E-state index in [1.165, 1.54) is 23.1 Å². The summed E-state index contributed by atoms with van der Waals surface area (Å²) in [6.45, 7) is 5.62. The molecule has 3 heteroatoms. The average Bonchev–Trinajstić information content (AvgIpc) is 2.75. The van der Waals surface area contributed by atoms with Crippen LogP contribution in [-0.2, 0) is 12.8 Å². The molecule has 0 heterocycles. The van der Waals surface area contributed by atoms with Crippen molar-refractivity contribution in [3.05, 3.63) is 71.3 Å². The second kappa shape index (κ2) is 11.4. The third-order valence-electron chi connectivity index (χ3n) is 6.18. The van der Waals surface area contributed by atoms with Gasteiger partial charge in [0.1, 0.15) is 12.3 Å². The summed E-state index contributed by atoms with van der Waals surface area (Å²) >= 11 is 0. The SMILES string of the molecule is CCCN(CCCc1ccc(C2CCC(F)C(F)C2)cc1)CCc1ccccc1. The van der Waals surface area contributed by atoms with Crippen LogP contribution in [0.4, 0.5) is 8.78 Å². The van der Waals surface area contributed by atoms with E-state index < -0.39 is 12.3 Å². The predicted octanol–water partition coefficient (Wildman–Crippen LogP) is 6.52. The van der Waals surface area contributed by atoms with Gasteiger partial charge in [0.05, 0.1) is 0 Å². The summed E-state index contributed by atoms with van der Waals surface area (Å²) in [5, 5.41) is 0. The molecule has 158 valence electrons. The molecule has 0 radical (unpaired) electrons. The van der Waals surface area contributed by atoms with Crippen LogP contribution < -0.4 is 0 Å². The summed E-state index contributed by atoms with van der Waals surface area (Å²) < 4.78 is 27.1. The lowest BCUT2D eigenvalue weighted by atomic mass is 9.82. The number of aryl methyl sites for hydroxylation is 1. The van der Waals surface area contributed by atoms with E-state index in [0.29, 0.717) is 12.8 Å². The number of benzene rings is 2. The minimum Gasteiger partial charge on any atom is -0.303 e. The van der Waals surface area contributed by atoms with Gasteiger partial charge in [-0.3, -0.25) is 0 Å². The van der Waals surface area contributed by atoms with E-state index in [1.54, 1.807) is 0 Å². The fourth-order valence-corrected chi connectivity index (χ4v) is 4.43. The Morgan fingerprint density at radius 2 is 1.52 bits per heavy atom. The monoisotopic (exact) mass is 399 g/mol. The van der Waals surface area contributed by atoms with E-state index in [4.69, 9.17) is 0 Å². The Kier molecular flexibility index (Phi) is 8.67. The van der Waals surface area contributed by atoms with Crippen LogP contribution in [0.15, 0.2) is 54.6 Å². The van der Waals surface area contributed by atoms with Gasteiger partial charge in [0.25, 0.3) is 0 Å². The first-order valence-corrected chi connectivity index (χ1v) is 11.3. The topological polar surface area (TPSA) is 3.24 Å². The van der Waals surface area contributed by atoms with Crippen molar-refractivity contribution in [2.45, 2.75) is 70.1 Å². The molecule has 0 spiro atoms. The smallest absolute Gasteiger partial charge is 0.132 e. The molecule has 2 aromatic carbocycles. The summed E-state index contributed by atoms with van der Waals surface area (Å²) in [7, 11) is 0. The van der Waals surface area contributed by atoms with Crippen LogP contribution in [0.1, 0.15) is 61.6 Å². The molecule has 1 fully saturated rings. The number of rotatable bonds is 10. The first-order valence-electron chi connectivity index (χ1n) is 11.3. The van der Waals surface area contributed by atoms with Gasteiger partial charge < -0.3 is 4.90 Å². The number of nitrogens with zero attached hydrogens (tertiary/aromatic N) is 1. The van der Waals surface area contributed by atoms with Crippen molar-refractivity contribution in [2.24, 2.45) is 0 Å². The van der Waals surface area contributed by atoms with Crippen molar-refractivity contribution in [3.8, 4) is 0 Å². The van der Waals surface area contributed by atoms with Crippen LogP contribution in [0.5, 0.6) is 0 Å². The maximum atomic E-state index is 13.7. The Balaban J connectivity index is 1.43. The Bertz CT molecular complexity index is 700. The molecule has 0 saturated heterocycles. The largest absolute Gasteiger partial charge is 0.303 e. The normalized spacial score (nSPS) is 22.1. The molecule has 0 bridgehead atoms. The summed E-state index contributed by atoms with van der Waals surface area (Å²) in [5.41, 5.74) is 3.91. The molecular formula is C26H35F2N. The highest BCUT2D eigenvalue weighted by Gasteiger charge is 2.31. The van der Waals surface area contributed by atoms with E-state index >= 15 is 0 Å². The van der Waals surface area contributed by atoms with Gasteiger partial charge in [0.2, 0.25) is 0 Å². The average molecular weight is 400 g/mol. The lowest BCUT2D eigenvalue weighted by molar-refractivity contribution is 0.108. The molecule has 3 rings (SSSR count). The first-order chi connectivity index (χ1) is 14.2. The number of hydrogen-bond donors (Lipinski definition) is 0. The van der Waals surface area contributed by atoms with Crippen LogP contribution in [0, 0.1) is 0 Å². The van der Waals surface area contributed by atoms with E-state index in [1.807, 2.05) is 0 Å². The minimum atomic E-state index is -1.30. The van der Waals surface area contributed by atoms with Crippen molar-refractivity contribution < 1.29 is 8.78 Å². The van der Waals surface area contributed by atoms with E-state index in [9.17, 15) is 8.78 Å². The quantitative estimate of drug-likeness (QED) is 0.440. The van der Waals surface area contributed by atoms with Gasteiger partial charge in [-0.2, -0.15) is 0 Å². The zero-order valence-corrected chi connectivity index (χ0v) is 17.7. The van der Waals surface area contributed by atoms with Crippen LogP contribution in [0.2, 0.25) is 0 Å². The molecule has 2 aromatic rings. The molecule has 1 saturated carbocycles.